The topological polar surface area (TPSA) is 106 Å². The summed E-state index contributed by atoms with van der Waals surface area (Å²) in [6, 6.07) is 5.48. The highest BCUT2D eigenvalue weighted by molar-refractivity contribution is 6.37. The minimum atomic E-state index is -0.730. The lowest BCUT2D eigenvalue weighted by Crippen LogP contribution is -2.46. The van der Waals surface area contributed by atoms with Crippen molar-refractivity contribution in [2.24, 2.45) is 10.7 Å². The van der Waals surface area contributed by atoms with Gasteiger partial charge in [-0.05, 0) is 31.5 Å². The largest absolute Gasteiger partial charge is 0.488 e. The van der Waals surface area contributed by atoms with Gasteiger partial charge in [-0.15, -0.1) is 0 Å². The number of rotatable bonds is 6. The Morgan fingerprint density at radius 2 is 1.95 bits per heavy atom. The molecule has 2 aliphatic rings. The van der Waals surface area contributed by atoms with E-state index in [2.05, 4.69) is 10.3 Å². The quantitative estimate of drug-likeness (QED) is 0.519. The number of ether oxygens (including phenoxy) is 2. The van der Waals surface area contributed by atoms with E-state index in [0.717, 1.165) is 6.07 Å². The van der Waals surface area contributed by atoms with Crippen molar-refractivity contribution in [3.8, 4) is 5.75 Å². The SMILES string of the molecule is CN=C(C1=C(N)[C@H](C)N(C(=O)c2cc(Cl)cc(OC[C@@H]3CNC(=O)O3)c2Cl)CC1)c1cc(F)cc(F)c1. The molecule has 2 aliphatic heterocycles. The van der Waals surface area contributed by atoms with Crippen molar-refractivity contribution >= 4 is 40.9 Å². The number of carbonyl (C=O) groups is 2. The minimum absolute atomic E-state index is 0.0192. The molecular formula is C25H24Cl2F2N4O4. The molecule has 2 heterocycles. The molecule has 2 aromatic rings. The first-order valence-electron chi connectivity index (χ1n) is 11.4. The number of alkyl carbamates (subject to hydrolysis) is 1. The molecule has 3 N–H and O–H groups in total. The zero-order valence-electron chi connectivity index (χ0n) is 20.0. The Bertz CT molecular complexity index is 1300. The van der Waals surface area contributed by atoms with Gasteiger partial charge in [0.05, 0.1) is 28.9 Å². The van der Waals surface area contributed by atoms with Gasteiger partial charge in [-0.25, -0.2) is 13.6 Å². The normalized spacial score (nSPS) is 20.1. The summed E-state index contributed by atoms with van der Waals surface area (Å²) in [5, 5.41) is 2.80. The Kier molecular flexibility index (Phi) is 7.89. The van der Waals surface area contributed by atoms with Crippen LogP contribution in [-0.4, -0.2) is 61.5 Å². The number of amides is 2. The standard InChI is InChI=1S/C25H24Cl2F2N4O4/c1-12-22(30)18(23(31-2)13-5-15(28)9-16(29)6-13)3-4-33(12)24(34)19-7-14(26)8-20(21(19)27)36-11-17-10-32-25(35)37-17/h5-9,12,17H,3-4,10-11,30H2,1-2H3,(H,32,35)/t12-,17-/m0/s1. The summed E-state index contributed by atoms with van der Waals surface area (Å²) < 4.78 is 38.4. The van der Waals surface area contributed by atoms with Crippen LogP contribution in [0.2, 0.25) is 10.0 Å². The van der Waals surface area contributed by atoms with E-state index in [4.69, 9.17) is 38.4 Å². The van der Waals surface area contributed by atoms with Gasteiger partial charge in [0.2, 0.25) is 0 Å². The summed E-state index contributed by atoms with van der Waals surface area (Å²) in [5.74, 6) is -1.71. The van der Waals surface area contributed by atoms with E-state index in [1.54, 1.807) is 6.92 Å². The van der Waals surface area contributed by atoms with Crippen molar-refractivity contribution in [2.45, 2.75) is 25.5 Å². The lowest BCUT2D eigenvalue weighted by atomic mass is 9.91. The third-order valence-corrected chi connectivity index (χ3v) is 6.79. The molecule has 0 spiro atoms. The molecule has 4 rings (SSSR count). The van der Waals surface area contributed by atoms with E-state index >= 15 is 0 Å². The van der Waals surface area contributed by atoms with E-state index in [-0.39, 0.29) is 46.6 Å². The van der Waals surface area contributed by atoms with Crippen molar-refractivity contribution < 1.29 is 27.8 Å². The van der Waals surface area contributed by atoms with Gasteiger partial charge in [-0.3, -0.25) is 9.79 Å². The van der Waals surface area contributed by atoms with E-state index in [1.807, 2.05) is 0 Å². The molecular weight excluding hydrogens is 529 g/mol. The van der Waals surface area contributed by atoms with E-state index < -0.39 is 35.8 Å². The van der Waals surface area contributed by atoms with Gasteiger partial charge in [0.1, 0.15) is 24.0 Å². The maximum Gasteiger partial charge on any atom is 0.407 e. The number of nitrogens with one attached hydrogen (secondary N) is 1. The Balaban J connectivity index is 1.57. The zero-order chi connectivity index (χ0) is 26.9. The number of halogens is 4. The second kappa shape index (κ2) is 10.9. The van der Waals surface area contributed by atoms with Crippen LogP contribution in [0.3, 0.4) is 0 Å². The van der Waals surface area contributed by atoms with Crippen molar-refractivity contribution in [1.29, 1.82) is 0 Å². The fourth-order valence-corrected chi connectivity index (χ4v) is 4.79. The van der Waals surface area contributed by atoms with Gasteiger partial charge >= 0.3 is 6.09 Å². The number of nitrogens with zero attached hydrogens (tertiary/aromatic N) is 2. The van der Waals surface area contributed by atoms with Gasteiger partial charge in [-0.2, -0.15) is 0 Å². The lowest BCUT2D eigenvalue weighted by Gasteiger charge is -2.36. The van der Waals surface area contributed by atoms with Crippen LogP contribution >= 0.6 is 23.2 Å². The smallest absolute Gasteiger partial charge is 0.407 e. The fraction of sp³-hybridized carbons (Fsp3) is 0.320. The first-order chi connectivity index (χ1) is 17.6. The zero-order valence-corrected chi connectivity index (χ0v) is 21.5. The maximum absolute atomic E-state index is 13.8. The van der Waals surface area contributed by atoms with Crippen LogP contribution in [-0.2, 0) is 4.74 Å². The van der Waals surface area contributed by atoms with Crippen LogP contribution in [0.25, 0.3) is 0 Å². The molecule has 0 unspecified atom stereocenters. The number of carbonyl (C=O) groups excluding carboxylic acids is 2. The van der Waals surface area contributed by atoms with Gasteiger partial charge in [0.15, 0.2) is 6.10 Å². The predicted molar refractivity (Wildman–Crippen MR) is 135 cm³/mol. The van der Waals surface area contributed by atoms with Gasteiger partial charge < -0.3 is 25.4 Å². The Morgan fingerprint density at radius 1 is 1.24 bits per heavy atom. The Morgan fingerprint density at radius 3 is 2.57 bits per heavy atom. The summed E-state index contributed by atoms with van der Waals surface area (Å²) in [4.78, 5) is 30.5. The molecule has 0 radical (unpaired) electrons. The summed E-state index contributed by atoms with van der Waals surface area (Å²) >= 11 is 12.8. The number of cyclic esters (lactones) is 1. The van der Waals surface area contributed by atoms with Crippen LogP contribution in [0.15, 0.2) is 46.6 Å². The molecule has 8 nitrogen and oxygen atoms in total. The predicted octanol–water partition coefficient (Wildman–Crippen LogP) is 4.33. The van der Waals surface area contributed by atoms with Crippen molar-refractivity contribution in [2.75, 3.05) is 26.7 Å². The number of benzene rings is 2. The molecule has 1 saturated heterocycles. The van der Waals surface area contributed by atoms with Crippen molar-refractivity contribution in [3.05, 3.63) is 74.4 Å². The van der Waals surface area contributed by atoms with Gasteiger partial charge in [0, 0.05) is 47.6 Å². The molecule has 37 heavy (non-hydrogen) atoms. The molecule has 0 aromatic heterocycles. The summed E-state index contributed by atoms with van der Waals surface area (Å²) in [6.45, 7) is 2.29. The molecule has 0 aliphatic carbocycles. The van der Waals surface area contributed by atoms with Crippen LogP contribution in [0, 0.1) is 11.6 Å². The molecule has 196 valence electrons. The van der Waals surface area contributed by atoms with Crippen LogP contribution in [0.5, 0.6) is 5.75 Å². The average Bonchev–Trinajstić information content (AvgIpc) is 3.26. The van der Waals surface area contributed by atoms with Crippen LogP contribution in [0.1, 0.15) is 29.3 Å². The minimum Gasteiger partial charge on any atom is -0.488 e. The first-order valence-corrected chi connectivity index (χ1v) is 12.1. The molecule has 0 bridgehead atoms. The monoisotopic (exact) mass is 552 g/mol. The van der Waals surface area contributed by atoms with Crippen molar-refractivity contribution in [1.82, 2.24) is 10.2 Å². The van der Waals surface area contributed by atoms with E-state index in [9.17, 15) is 18.4 Å². The second-order valence-electron chi connectivity index (χ2n) is 8.57. The highest BCUT2D eigenvalue weighted by atomic mass is 35.5. The number of hydrogen-bond donors (Lipinski definition) is 2. The fourth-order valence-electron chi connectivity index (χ4n) is 4.34. The molecule has 1 fully saturated rings. The summed E-state index contributed by atoms with van der Waals surface area (Å²) in [5.41, 5.74) is 8.10. The van der Waals surface area contributed by atoms with Gasteiger partial charge in [-0.1, -0.05) is 23.2 Å². The first kappa shape index (κ1) is 26.7. The second-order valence-corrected chi connectivity index (χ2v) is 9.39. The molecule has 0 saturated carbocycles. The van der Waals surface area contributed by atoms with Crippen LogP contribution in [0.4, 0.5) is 13.6 Å². The highest BCUT2D eigenvalue weighted by Gasteiger charge is 2.33. The molecule has 12 heteroatoms. The van der Waals surface area contributed by atoms with Gasteiger partial charge in [0.25, 0.3) is 5.91 Å². The number of hydrogen-bond acceptors (Lipinski definition) is 6. The number of aliphatic imine (C=N–C) groups is 1. The third kappa shape index (κ3) is 5.65. The Labute approximate surface area is 222 Å². The molecule has 2 aromatic carbocycles. The van der Waals surface area contributed by atoms with Crippen LogP contribution < -0.4 is 15.8 Å². The van der Waals surface area contributed by atoms with E-state index in [1.165, 1.54) is 36.2 Å². The average molecular weight is 553 g/mol. The number of nitrogens with two attached hydrogens (primary N) is 1. The van der Waals surface area contributed by atoms with E-state index in [0.29, 0.717) is 23.4 Å². The molecule has 2 atom stereocenters. The lowest BCUT2D eigenvalue weighted by molar-refractivity contribution is 0.0706. The molecule has 2 amide bonds. The summed E-state index contributed by atoms with van der Waals surface area (Å²) in [6.07, 6.45) is -0.744. The summed E-state index contributed by atoms with van der Waals surface area (Å²) in [7, 11) is 1.51. The third-order valence-electron chi connectivity index (χ3n) is 6.18. The Hall–Kier alpha value is -3.37. The highest BCUT2D eigenvalue weighted by Crippen LogP contribution is 2.35. The van der Waals surface area contributed by atoms with Crippen molar-refractivity contribution in [3.63, 3.8) is 0 Å². The maximum atomic E-state index is 13.8.